The number of nitriles is 1. The van der Waals surface area contributed by atoms with Crippen LogP contribution >= 0.6 is 0 Å². The summed E-state index contributed by atoms with van der Waals surface area (Å²) < 4.78 is 261. The number of nitrogens with zero attached hydrogens (tertiary/aromatic N) is 7. The van der Waals surface area contributed by atoms with Crippen molar-refractivity contribution >= 4 is 29.4 Å². The Morgan fingerprint density at radius 2 is 0.740 bits per heavy atom. The van der Waals surface area contributed by atoms with Crippen LogP contribution in [0.25, 0.3) is 0 Å². The van der Waals surface area contributed by atoms with Gasteiger partial charge in [0, 0.05) is 99.8 Å². The van der Waals surface area contributed by atoms with Gasteiger partial charge in [0.1, 0.15) is 70.2 Å². The van der Waals surface area contributed by atoms with Crippen molar-refractivity contribution < 1.29 is 117 Å². The Bertz CT molecular complexity index is 3890. The van der Waals surface area contributed by atoms with Gasteiger partial charge in [-0.15, -0.1) is 0 Å². The van der Waals surface area contributed by atoms with E-state index in [4.69, 9.17) is 23.7 Å². The number of carboxylic acid groups (broad SMARTS) is 1. The van der Waals surface area contributed by atoms with Gasteiger partial charge < -0.3 is 43.5 Å². The van der Waals surface area contributed by atoms with Crippen LogP contribution in [0.5, 0.6) is 17.2 Å². The highest BCUT2D eigenvalue weighted by atomic mass is 19.4. The largest absolute Gasteiger partial charge is 0.489 e. The molecule has 10 heterocycles. The second-order valence-corrected chi connectivity index (χ2v) is 25.1. The molecule has 536 valence electrons. The molecule has 33 heteroatoms. The summed E-state index contributed by atoms with van der Waals surface area (Å²) in [7, 11) is 0. The maximum Gasteiger partial charge on any atom is 0.417 e. The van der Waals surface area contributed by atoms with Crippen molar-refractivity contribution in [3.8, 4) is 23.3 Å². The van der Waals surface area contributed by atoms with Gasteiger partial charge in [-0.05, 0) is 136 Å². The summed E-state index contributed by atoms with van der Waals surface area (Å²) in [6.45, 7) is 0.402. The Morgan fingerprint density at radius 3 is 1.04 bits per heavy atom. The minimum atomic E-state index is -4.68. The molecular weight excluding hydrogens is 1370 g/mol. The summed E-state index contributed by atoms with van der Waals surface area (Å²) >= 11 is 0. The van der Waals surface area contributed by atoms with E-state index in [0.29, 0.717) is 81.5 Å². The number of aromatic carboxylic acids is 1. The zero-order chi connectivity index (χ0) is 72.0. The second-order valence-electron chi connectivity index (χ2n) is 25.1. The van der Waals surface area contributed by atoms with Crippen LogP contribution in [0.2, 0.25) is 0 Å². The first kappa shape index (κ1) is 72.3. The van der Waals surface area contributed by atoms with E-state index in [1.807, 2.05) is 14.7 Å². The molecule has 1 N–H and O–H groups in total. The van der Waals surface area contributed by atoms with E-state index < -0.39 is 106 Å². The molecule has 0 radical (unpaired) electrons. The van der Waals surface area contributed by atoms with E-state index in [9.17, 15) is 99.0 Å². The van der Waals surface area contributed by atoms with Gasteiger partial charge in [-0.2, -0.15) is 84.3 Å². The van der Waals surface area contributed by atoms with Crippen molar-refractivity contribution in [2.75, 3.05) is 21.3 Å². The summed E-state index contributed by atoms with van der Waals surface area (Å²) in [6, 6.07) is 16.3. The first-order chi connectivity index (χ1) is 47.0. The molecule has 6 bridgehead atoms. The summed E-state index contributed by atoms with van der Waals surface area (Å²) in [6.07, 6.45) is -18.1. The lowest BCUT2D eigenvalue weighted by molar-refractivity contribution is -0.138. The maximum atomic E-state index is 13.3. The van der Waals surface area contributed by atoms with E-state index in [-0.39, 0.29) is 70.7 Å². The monoisotopic (exact) mass is 1430 g/mol. The molecule has 3 aromatic heterocycles. The van der Waals surface area contributed by atoms with Gasteiger partial charge in [0.2, 0.25) is 6.29 Å². The third-order valence-electron chi connectivity index (χ3n) is 18.6. The Balaban J connectivity index is 0.000000152. The smallest absolute Gasteiger partial charge is 0.417 e. The number of piperidine rings is 3. The number of ether oxygens (including phenoxy) is 5. The van der Waals surface area contributed by atoms with Crippen LogP contribution in [0.15, 0.2) is 110 Å². The number of anilines is 3. The third kappa shape index (κ3) is 16.6. The Hall–Kier alpha value is -8.96. The zero-order valence-corrected chi connectivity index (χ0v) is 52.0. The van der Waals surface area contributed by atoms with Crippen LogP contribution in [-0.4, -0.2) is 99.5 Å². The number of benzene rings is 3. The molecule has 7 aliphatic rings. The molecule has 13 rings (SSSR count). The van der Waals surface area contributed by atoms with Crippen LogP contribution in [0, 0.1) is 11.3 Å². The molecule has 0 saturated carbocycles. The highest BCUT2D eigenvalue weighted by Gasteiger charge is 2.47. The van der Waals surface area contributed by atoms with Gasteiger partial charge in [-0.25, -0.2) is 24.5 Å². The van der Waals surface area contributed by atoms with Crippen LogP contribution in [-0.2, 0) is 46.5 Å². The number of rotatable bonds is 12. The number of alkyl halides is 18. The molecular formula is C67H59F18N7O8. The summed E-state index contributed by atoms with van der Waals surface area (Å²) in [4.78, 5) is 42.2. The zero-order valence-electron chi connectivity index (χ0n) is 52.0. The number of carboxylic acids is 1. The SMILES string of the molecule is N#Cc1cc(C(F)(F)F)ccc1OC1CC2CC[C@@H](C1)N2c1ccc(C(F)(F)F)cn1.O=C(O)c1cc(C(F)(F)F)ccc1OC1CC2CC[C@@H](C1)N2c1ccc(C(F)(F)F)cn1.O=C(OC1CCCO1)c1cc(C(F)(F)F)ccc1OC1CC2CC[C@@H](C1)N2c1ccc(C(F)(F)F)cn1. The minimum Gasteiger partial charge on any atom is -0.489 e. The highest BCUT2D eigenvalue weighted by molar-refractivity contribution is 5.93. The molecule has 6 aromatic rings. The summed E-state index contributed by atoms with van der Waals surface area (Å²) in [5.74, 6) is -1.22. The van der Waals surface area contributed by atoms with Gasteiger partial charge in [-0.3, -0.25) is 0 Å². The van der Waals surface area contributed by atoms with Crippen molar-refractivity contribution in [1.29, 1.82) is 5.26 Å². The number of fused-ring (bicyclic) bond motifs is 6. The second kappa shape index (κ2) is 28.2. The van der Waals surface area contributed by atoms with E-state index in [1.54, 1.807) is 6.07 Å². The quantitative estimate of drug-likeness (QED) is 0.0905. The minimum absolute atomic E-state index is 0.00651. The van der Waals surface area contributed by atoms with Gasteiger partial charge in [-0.1, -0.05) is 0 Å². The number of halogens is 18. The van der Waals surface area contributed by atoms with Gasteiger partial charge in [0.25, 0.3) is 0 Å². The molecule has 3 aromatic carbocycles. The van der Waals surface area contributed by atoms with Crippen molar-refractivity contribution in [2.24, 2.45) is 0 Å². The molecule has 7 saturated heterocycles. The highest BCUT2D eigenvalue weighted by Crippen LogP contribution is 2.46. The molecule has 0 aliphatic carbocycles. The number of esters is 1. The Labute approximate surface area is 557 Å². The number of carbonyl (C=O) groups excluding carboxylic acids is 1. The van der Waals surface area contributed by atoms with Crippen LogP contribution in [0.3, 0.4) is 0 Å². The van der Waals surface area contributed by atoms with Crippen molar-refractivity contribution in [3.05, 3.63) is 160 Å². The average molecular weight is 1430 g/mol. The van der Waals surface area contributed by atoms with Crippen LogP contribution < -0.4 is 28.9 Å². The predicted octanol–water partition coefficient (Wildman–Crippen LogP) is 17.0. The van der Waals surface area contributed by atoms with E-state index in [2.05, 4.69) is 15.0 Å². The number of pyridine rings is 3. The lowest BCUT2D eigenvalue weighted by atomic mass is 9.99. The van der Waals surface area contributed by atoms with Gasteiger partial charge >= 0.3 is 49.0 Å². The van der Waals surface area contributed by atoms with Gasteiger partial charge in [0.05, 0.1) is 45.6 Å². The number of hydrogen-bond acceptors (Lipinski definition) is 14. The molecule has 0 amide bonds. The lowest BCUT2D eigenvalue weighted by Crippen LogP contribution is -2.47. The first-order valence-electron chi connectivity index (χ1n) is 31.5. The van der Waals surface area contributed by atoms with E-state index in [1.165, 1.54) is 18.2 Å². The fraction of sp³-hybridized carbons (Fsp3) is 0.463. The molecule has 100 heavy (non-hydrogen) atoms. The van der Waals surface area contributed by atoms with Crippen LogP contribution in [0.1, 0.15) is 150 Å². The van der Waals surface area contributed by atoms with Crippen molar-refractivity contribution in [2.45, 2.75) is 188 Å². The average Bonchev–Trinajstić information content (AvgIpc) is 1.62. The number of hydrogen-bond donors (Lipinski definition) is 1. The molecule has 15 nitrogen and oxygen atoms in total. The first-order valence-corrected chi connectivity index (χ1v) is 31.5. The standard InChI is InChI=1S/C25H24F6N2O4.C21H17F6N3O.C21H18F6N2O3/c26-24(27,28)14-3-7-20(19(10-14)23(34)37-22-2-1-9-35-22)36-18-11-16-5-6-17(12-18)33(16)21-8-4-15(13-32-21)25(29,30)31;22-20(23,24)13-1-5-18(12(7-13)10-28)31-17-8-15-3-4-16(9-17)30(15)19-6-2-14(11-29-19)21(25,26)27;22-20(23,24)11-1-5-17(16(7-11)19(30)31)32-15-8-13-3-4-14(9-15)29(13)18-6-2-12(10-28-18)21(25,26)27/h3-4,7-8,10,13,16-18,22H,1-2,5-6,9,11-12H2;1-2,5-7,11,15-17H,3-4,8-9H2;1-2,5-7,10,13-15H,3-4,8-9H2,(H,30,31)/t16-,17?,18?,22?;15-,16?,17?;13-,14?,15?/m000/s1. The Morgan fingerprint density at radius 1 is 0.430 bits per heavy atom. The molecule has 0 spiro atoms. The normalized spacial score (nSPS) is 24.3. The summed E-state index contributed by atoms with van der Waals surface area (Å²) in [5.41, 5.74) is -6.56. The van der Waals surface area contributed by atoms with Crippen molar-refractivity contribution in [3.63, 3.8) is 0 Å². The Kier molecular flexibility index (Phi) is 20.4. The van der Waals surface area contributed by atoms with Crippen LogP contribution in [0.4, 0.5) is 96.5 Å². The van der Waals surface area contributed by atoms with E-state index >= 15 is 0 Å². The fourth-order valence-corrected chi connectivity index (χ4v) is 14.1. The summed E-state index contributed by atoms with van der Waals surface area (Å²) in [5, 5.41) is 18.6. The lowest BCUT2D eigenvalue weighted by Gasteiger charge is -2.40. The fourth-order valence-electron chi connectivity index (χ4n) is 14.1. The topological polar surface area (TPSA) is 173 Å². The number of carbonyl (C=O) groups is 2. The van der Waals surface area contributed by atoms with E-state index in [0.717, 1.165) is 124 Å². The van der Waals surface area contributed by atoms with Crippen molar-refractivity contribution in [1.82, 2.24) is 15.0 Å². The van der Waals surface area contributed by atoms with Gasteiger partial charge in [0.15, 0.2) is 0 Å². The number of aromatic nitrogens is 3. The predicted molar refractivity (Wildman–Crippen MR) is 317 cm³/mol. The maximum absolute atomic E-state index is 13.3. The molecule has 10 atom stereocenters. The third-order valence-corrected chi connectivity index (χ3v) is 18.6. The molecule has 7 aliphatic heterocycles. The molecule has 7 unspecified atom stereocenters. The molecule has 7 fully saturated rings.